The molecule has 2 amide bonds. The van der Waals surface area contributed by atoms with Gasteiger partial charge in [0.05, 0.1) is 6.04 Å². The van der Waals surface area contributed by atoms with Gasteiger partial charge < -0.3 is 10.6 Å². The normalized spacial score (nSPS) is 12.3. The van der Waals surface area contributed by atoms with Crippen molar-refractivity contribution in [2.24, 2.45) is 0 Å². The lowest BCUT2D eigenvalue weighted by Crippen LogP contribution is -2.31. The number of aromatic amines is 1. The van der Waals surface area contributed by atoms with Crippen LogP contribution in [0.4, 0.5) is 10.5 Å². The number of amides is 2. The Kier molecular flexibility index (Phi) is 3.53. The third-order valence-corrected chi connectivity index (χ3v) is 4.03. The van der Waals surface area contributed by atoms with E-state index in [-0.39, 0.29) is 12.1 Å². The zero-order valence-corrected chi connectivity index (χ0v) is 12.4. The minimum absolute atomic E-state index is 0.139. The smallest absolute Gasteiger partial charge is 0.319 e. The van der Waals surface area contributed by atoms with Gasteiger partial charge in [0.2, 0.25) is 0 Å². The van der Waals surface area contributed by atoms with Crippen molar-refractivity contribution in [3.63, 3.8) is 0 Å². The van der Waals surface area contributed by atoms with Crippen LogP contribution in [0.25, 0.3) is 11.0 Å². The van der Waals surface area contributed by atoms with E-state index < -0.39 is 0 Å². The fraction of sp³-hybridized carbons (Fsp3) is 0.231. The molecule has 1 aromatic carbocycles. The molecule has 0 radical (unpaired) electrons. The standard InChI is InChI=1S/C13H14N6OS/c1-7-6-14-12(21-7)8(2)15-13(20)16-9-3-4-10-11(5-9)18-19-17-10/h3-6,8H,1-2H3,(H2,15,16,20)(H,17,18,19). The maximum atomic E-state index is 12.0. The highest BCUT2D eigenvalue weighted by atomic mass is 32.1. The van der Waals surface area contributed by atoms with Crippen LogP contribution in [0.15, 0.2) is 24.4 Å². The highest BCUT2D eigenvalue weighted by Gasteiger charge is 2.13. The number of hydrogen-bond acceptors (Lipinski definition) is 5. The van der Waals surface area contributed by atoms with E-state index in [4.69, 9.17) is 0 Å². The Morgan fingerprint density at radius 1 is 1.33 bits per heavy atom. The van der Waals surface area contributed by atoms with Gasteiger partial charge in [-0.15, -0.1) is 11.3 Å². The van der Waals surface area contributed by atoms with Gasteiger partial charge in [-0.1, -0.05) is 0 Å². The number of nitrogens with one attached hydrogen (secondary N) is 3. The lowest BCUT2D eigenvalue weighted by atomic mass is 10.3. The van der Waals surface area contributed by atoms with Crippen LogP contribution in [0.3, 0.4) is 0 Å². The number of hydrogen-bond donors (Lipinski definition) is 3. The summed E-state index contributed by atoms with van der Waals surface area (Å²) in [7, 11) is 0. The van der Waals surface area contributed by atoms with Crippen molar-refractivity contribution in [2.75, 3.05) is 5.32 Å². The molecule has 1 unspecified atom stereocenters. The van der Waals surface area contributed by atoms with Gasteiger partial charge in [0.25, 0.3) is 0 Å². The summed E-state index contributed by atoms with van der Waals surface area (Å²) in [6.45, 7) is 3.89. The van der Waals surface area contributed by atoms with Crippen LogP contribution >= 0.6 is 11.3 Å². The predicted molar refractivity (Wildman–Crippen MR) is 81.3 cm³/mol. The molecule has 2 heterocycles. The monoisotopic (exact) mass is 302 g/mol. The van der Waals surface area contributed by atoms with Crippen molar-refractivity contribution in [3.8, 4) is 0 Å². The molecular weight excluding hydrogens is 288 g/mol. The molecule has 3 aromatic rings. The molecule has 2 aromatic heterocycles. The maximum absolute atomic E-state index is 12.0. The second kappa shape index (κ2) is 5.49. The third-order valence-electron chi connectivity index (χ3n) is 2.93. The number of carbonyl (C=O) groups is 1. The van der Waals surface area contributed by atoms with E-state index in [2.05, 4.69) is 31.0 Å². The third kappa shape index (κ3) is 3.00. The van der Waals surface area contributed by atoms with E-state index in [1.807, 2.05) is 13.8 Å². The number of H-pyrrole nitrogens is 1. The lowest BCUT2D eigenvalue weighted by Gasteiger charge is -2.12. The summed E-state index contributed by atoms with van der Waals surface area (Å²) in [5.41, 5.74) is 2.13. The minimum atomic E-state index is -0.279. The number of thiazole rings is 1. The van der Waals surface area contributed by atoms with Gasteiger partial charge in [0.1, 0.15) is 16.0 Å². The highest BCUT2D eigenvalue weighted by molar-refractivity contribution is 7.11. The Hall–Kier alpha value is -2.48. The molecule has 0 bridgehead atoms. The van der Waals surface area contributed by atoms with Gasteiger partial charge >= 0.3 is 6.03 Å². The molecule has 0 fully saturated rings. The van der Waals surface area contributed by atoms with Gasteiger partial charge in [0.15, 0.2) is 0 Å². The molecule has 108 valence electrons. The largest absolute Gasteiger partial charge is 0.329 e. The summed E-state index contributed by atoms with van der Waals surface area (Å²) in [5, 5.41) is 17.0. The topological polar surface area (TPSA) is 95.6 Å². The summed E-state index contributed by atoms with van der Waals surface area (Å²) in [6.07, 6.45) is 1.80. The second-order valence-electron chi connectivity index (χ2n) is 4.66. The Labute approximate surface area is 124 Å². The molecule has 7 nitrogen and oxygen atoms in total. The first-order valence-corrected chi connectivity index (χ1v) is 7.24. The molecule has 0 aliphatic heterocycles. The summed E-state index contributed by atoms with van der Waals surface area (Å²) >= 11 is 1.57. The Morgan fingerprint density at radius 3 is 2.90 bits per heavy atom. The van der Waals surface area contributed by atoms with Crippen LogP contribution in [0.1, 0.15) is 22.9 Å². The molecule has 0 saturated heterocycles. The molecule has 21 heavy (non-hydrogen) atoms. The summed E-state index contributed by atoms with van der Waals surface area (Å²) in [6, 6.07) is 4.92. The van der Waals surface area contributed by atoms with Gasteiger partial charge in [-0.25, -0.2) is 9.78 Å². The second-order valence-corrected chi connectivity index (χ2v) is 5.92. The predicted octanol–water partition coefficient (Wildman–Crippen LogP) is 2.61. The highest BCUT2D eigenvalue weighted by Crippen LogP contribution is 2.19. The molecular formula is C13H14N6OS. The number of rotatable bonds is 3. The summed E-state index contributed by atoms with van der Waals surface area (Å²) < 4.78 is 0. The summed E-state index contributed by atoms with van der Waals surface area (Å²) in [5.74, 6) is 0. The lowest BCUT2D eigenvalue weighted by molar-refractivity contribution is 0.249. The fourth-order valence-corrected chi connectivity index (χ4v) is 2.69. The van der Waals surface area contributed by atoms with Crippen molar-refractivity contribution < 1.29 is 4.79 Å². The Bertz CT molecular complexity index is 780. The van der Waals surface area contributed by atoms with E-state index in [1.165, 1.54) is 0 Å². The van der Waals surface area contributed by atoms with Crippen molar-refractivity contribution >= 4 is 34.1 Å². The van der Waals surface area contributed by atoms with Crippen LogP contribution < -0.4 is 10.6 Å². The molecule has 0 aliphatic carbocycles. The van der Waals surface area contributed by atoms with E-state index >= 15 is 0 Å². The number of nitrogens with zero attached hydrogens (tertiary/aromatic N) is 3. The molecule has 1 atom stereocenters. The number of urea groups is 1. The fourth-order valence-electron chi connectivity index (χ4n) is 1.92. The van der Waals surface area contributed by atoms with Crippen molar-refractivity contribution in [3.05, 3.63) is 34.3 Å². The first-order chi connectivity index (χ1) is 10.1. The van der Waals surface area contributed by atoms with E-state index in [0.29, 0.717) is 11.2 Å². The van der Waals surface area contributed by atoms with E-state index in [9.17, 15) is 4.79 Å². The van der Waals surface area contributed by atoms with Crippen molar-refractivity contribution in [2.45, 2.75) is 19.9 Å². The Balaban J connectivity index is 1.65. The molecule has 0 aliphatic rings. The van der Waals surface area contributed by atoms with Gasteiger partial charge in [0, 0.05) is 16.8 Å². The quantitative estimate of drug-likeness (QED) is 0.693. The SMILES string of the molecule is Cc1cnc(C(C)NC(=O)Nc2ccc3n[nH]nc3c2)s1. The maximum Gasteiger partial charge on any atom is 0.319 e. The van der Waals surface area contributed by atoms with Gasteiger partial charge in [-0.2, -0.15) is 15.4 Å². The van der Waals surface area contributed by atoms with Crippen molar-refractivity contribution in [1.82, 2.24) is 25.7 Å². The van der Waals surface area contributed by atoms with Crippen LogP contribution in [-0.4, -0.2) is 26.4 Å². The first kappa shape index (κ1) is 13.5. The van der Waals surface area contributed by atoms with Crippen LogP contribution in [0, 0.1) is 6.92 Å². The van der Waals surface area contributed by atoms with E-state index in [1.54, 1.807) is 35.7 Å². The minimum Gasteiger partial charge on any atom is -0.329 e. The van der Waals surface area contributed by atoms with Crippen LogP contribution in [0.2, 0.25) is 0 Å². The number of fused-ring (bicyclic) bond motifs is 1. The number of aryl methyl sites for hydroxylation is 1. The Morgan fingerprint density at radius 2 is 2.14 bits per heavy atom. The van der Waals surface area contributed by atoms with Crippen LogP contribution in [0.5, 0.6) is 0 Å². The van der Waals surface area contributed by atoms with E-state index in [0.717, 1.165) is 15.4 Å². The van der Waals surface area contributed by atoms with Gasteiger partial charge in [-0.3, -0.25) is 0 Å². The molecule has 3 rings (SSSR count). The summed E-state index contributed by atoms with van der Waals surface area (Å²) in [4.78, 5) is 17.4. The van der Waals surface area contributed by atoms with Crippen LogP contribution in [-0.2, 0) is 0 Å². The average molecular weight is 302 g/mol. The number of benzene rings is 1. The van der Waals surface area contributed by atoms with Gasteiger partial charge in [-0.05, 0) is 32.0 Å². The zero-order valence-electron chi connectivity index (χ0n) is 11.5. The molecule has 0 saturated carbocycles. The number of carbonyl (C=O) groups excluding carboxylic acids is 1. The zero-order chi connectivity index (χ0) is 14.8. The average Bonchev–Trinajstić information content (AvgIpc) is 3.06. The molecule has 3 N–H and O–H groups in total. The first-order valence-electron chi connectivity index (χ1n) is 6.42. The number of anilines is 1. The molecule has 0 spiro atoms. The number of aromatic nitrogens is 4. The molecule has 8 heteroatoms. The van der Waals surface area contributed by atoms with Crippen molar-refractivity contribution in [1.29, 1.82) is 0 Å².